The maximum Gasteiger partial charge on any atom is 0.225 e. The van der Waals surface area contributed by atoms with Crippen molar-refractivity contribution in [2.24, 2.45) is 0 Å². The van der Waals surface area contributed by atoms with Crippen LogP contribution >= 0.6 is 0 Å². The molecule has 0 N–H and O–H groups in total. The van der Waals surface area contributed by atoms with Gasteiger partial charge in [-0.05, 0) is 92.6 Å². The molecule has 10 rings (SSSR count). The molecule has 6 aromatic carbocycles. The Hall–Kier alpha value is -5.32. The largest absolute Gasteiger partial charge is 0.509 e. The monoisotopic (exact) mass is 994 g/mol. The second-order valence-corrected chi connectivity index (χ2v) is 20.3. The first-order valence-electron chi connectivity index (χ1n) is 21.6. The van der Waals surface area contributed by atoms with E-state index in [1.165, 1.54) is 50.4 Å². The zero-order valence-electron chi connectivity index (χ0n) is 37.7. The van der Waals surface area contributed by atoms with Crippen LogP contribution in [0.2, 0.25) is 0 Å². The molecule has 2 aliphatic rings. The molecule has 0 saturated carbocycles. The molecule has 1 unspecified atom stereocenters. The summed E-state index contributed by atoms with van der Waals surface area (Å²) in [5.74, 6) is 2.11. The summed E-state index contributed by atoms with van der Waals surface area (Å²) in [6.45, 7) is 27.4. The summed E-state index contributed by atoms with van der Waals surface area (Å²) >= 11 is 0. The molecule has 0 aliphatic carbocycles. The summed E-state index contributed by atoms with van der Waals surface area (Å²) in [4.78, 5) is 4.98. The number of aryl methyl sites for hydroxylation is 2. The summed E-state index contributed by atoms with van der Waals surface area (Å²) in [5.41, 5.74) is 15.9. The third kappa shape index (κ3) is 6.42. The van der Waals surface area contributed by atoms with E-state index < -0.39 is 0 Å². The minimum absolute atomic E-state index is 0. The van der Waals surface area contributed by atoms with Gasteiger partial charge in [0.05, 0.1) is 5.69 Å². The molecule has 1 fully saturated rings. The van der Waals surface area contributed by atoms with Crippen LogP contribution in [0.3, 0.4) is 0 Å². The number of hydrogen-bond donors (Lipinski definition) is 0. The van der Waals surface area contributed by atoms with E-state index in [9.17, 15) is 0 Å². The Kier molecular flexibility index (Phi) is 9.73. The SMILES string of the molecule is Cc1cc(C(C)(C)C)cc(C)c1-c1ccnc(-n2c3[c-]c(Oc4[c-]c([N+]56[CH-][N@+]5(c5cccc(C(C)(C)C)c5)c5ccc(C(C)(C)C)cc56)ccc4)ccc3c3ccccc32)c1.[Pt]. The van der Waals surface area contributed by atoms with Crippen molar-refractivity contribution in [3.63, 3.8) is 0 Å². The van der Waals surface area contributed by atoms with Gasteiger partial charge in [-0.25, -0.2) is 9.58 Å². The summed E-state index contributed by atoms with van der Waals surface area (Å²) in [6.07, 6.45) is 1.93. The number of quaternary nitrogens is 2. The van der Waals surface area contributed by atoms with Gasteiger partial charge < -0.3 is 9.30 Å². The van der Waals surface area contributed by atoms with Gasteiger partial charge >= 0.3 is 0 Å². The molecule has 5 nitrogen and oxygen atoms in total. The van der Waals surface area contributed by atoms with Crippen molar-refractivity contribution in [1.82, 2.24) is 18.7 Å². The molecule has 0 amide bonds. The number of hydrogen-bond acceptors (Lipinski definition) is 2. The summed E-state index contributed by atoms with van der Waals surface area (Å²) < 4.78 is 10.1. The van der Waals surface area contributed by atoms with Crippen molar-refractivity contribution in [1.29, 1.82) is 0 Å². The Balaban J connectivity index is 0.00000490. The van der Waals surface area contributed by atoms with Gasteiger partial charge in [-0.2, -0.15) is 16.7 Å². The molecule has 1 saturated heterocycles. The molecule has 2 aromatic heterocycles. The van der Waals surface area contributed by atoms with Crippen molar-refractivity contribution in [2.45, 2.75) is 92.4 Å². The van der Waals surface area contributed by atoms with E-state index in [2.05, 4.69) is 209 Å². The first kappa shape index (κ1) is 42.0. The van der Waals surface area contributed by atoms with Gasteiger partial charge in [0, 0.05) is 68.5 Å². The zero-order chi connectivity index (χ0) is 42.9. The van der Waals surface area contributed by atoms with Crippen LogP contribution in [0.4, 0.5) is 22.7 Å². The molecule has 6 heteroatoms. The first-order chi connectivity index (χ1) is 28.9. The van der Waals surface area contributed by atoms with Crippen molar-refractivity contribution >= 4 is 44.6 Å². The number of aromatic nitrogens is 2. The second kappa shape index (κ2) is 14.4. The third-order valence-corrected chi connectivity index (χ3v) is 13.0. The number of pyridine rings is 1. The Morgan fingerprint density at radius 3 is 1.98 bits per heavy atom. The predicted octanol–water partition coefficient (Wildman–Crippen LogP) is 15.1. The molecule has 0 bridgehead atoms. The van der Waals surface area contributed by atoms with Gasteiger partial charge in [0.15, 0.2) is 12.4 Å². The quantitative estimate of drug-likeness (QED) is 0.0943. The van der Waals surface area contributed by atoms with E-state index in [-0.39, 0.29) is 37.3 Å². The molecular weight excluding hydrogens is 940 g/mol. The van der Waals surface area contributed by atoms with Crippen molar-refractivity contribution in [2.75, 3.05) is 0 Å². The van der Waals surface area contributed by atoms with Gasteiger partial charge in [-0.15, -0.1) is 29.7 Å². The first-order valence-corrected chi connectivity index (χ1v) is 21.6. The van der Waals surface area contributed by atoms with Crippen LogP contribution in [-0.2, 0) is 37.3 Å². The number of nitrogens with zero attached hydrogens (tertiary/aromatic N) is 4. The van der Waals surface area contributed by atoms with Crippen LogP contribution in [-0.4, -0.2) is 9.55 Å². The average molecular weight is 995 g/mol. The molecule has 62 heavy (non-hydrogen) atoms. The number of ether oxygens (including phenoxy) is 1. The van der Waals surface area contributed by atoms with E-state index in [1.54, 1.807) is 0 Å². The fourth-order valence-electron chi connectivity index (χ4n) is 9.66. The summed E-state index contributed by atoms with van der Waals surface area (Å²) in [7, 11) is 0. The molecule has 0 spiro atoms. The smallest absolute Gasteiger partial charge is 0.225 e. The van der Waals surface area contributed by atoms with Crippen molar-refractivity contribution < 1.29 is 25.8 Å². The van der Waals surface area contributed by atoms with Gasteiger partial charge in [-0.3, -0.25) is 0 Å². The number of benzene rings is 6. The van der Waals surface area contributed by atoms with E-state index in [1.807, 2.05) is 18.3 Å². The van der Waals surface area contributed by atoms with Gasteiger partial charge in [0.2, 0.25) is 11.4 Å². The number of para-hydroxylation sites is 1. The Morgan fingerprint density at radius 2 is 1.26 bits per heavy atom. The third-order valence-electron chi connectivity index (χ3n) is 13.0. The van der Waals surface area contributed by atoms with E-state index in [0.29, 0.717) is 20.7 Å². The Bertz CT molecular complexity index is 3060. The zero-order valence-corrected chi connectivity index (χ0v) is 40.0. The van der Waals surface area contributed by atoms with Crippen LogP contribution in [0.25, 0.3) is 38.8 Å². The van der Waals surface area contributed by atoms with Crippen LogP contribution in [0.1, 0.15) is 90.1 Å². The van der Waals surface area contributed by atoms with Gasteiger partial charge in [0.25, 0.3) is 0 Å². The van der Waals surface area contributed by atoms with Crippen LogP contribution < -0.4 is 13.9 Å². The fraction of sp³-hybridized carbons (Fsp3) is 0.250. The maximum atomic E-state index is 6.75. The standard InChI is InChI=1S/C56H55N4O.Pt/c1-36-28-41(56(9,10)11)29-37(2)53(36)38-26-27-57-52(30-38)58-48-21-13-12-20-46(48)47-24-23-45(34-49(47)58)61-44-19-15-18-43(33-44)60-35-59(60,42-17-14-16-39(31-42)54(3,4)5)50-25-22-40(32-51(50)60)55(6,7)8;/h12-32,35H,1-11H3;/q-1;/t59-,60?;/m0./s1. The second-order valence-electron chi connectivity index (χ2n) is 20.3. The normalized spacial score (nSPS) is 18.2. The molecule has 4 heterocycles. The Morgan fingerprint density at radius 1 is 0.581 bits per heavy atom. The molecule has 8 aromatic rings. The molecule has 2 atom stereocenters. The van der Waals surface area contributed by atoms with Gasteiger partial charge in [0.1, 0.15) is 5.82 Å². The predicted molar refractivity (Wildman–Crippen MR) is 254 cm³/mol. The van der Waals surface area contributed by atoms with Crippen molar-refractivity contribution in [3.8, 4) is 28.4 Å². The van der Waals surface area contributed by atoms with Crippen LogP contribution in [0, 0.1) is 32.6 Å². The van der Waals surface area contributed by atoms with E-state index in [4.69, 9.17) is 9.72 Å². The fourth-order valence-corrected chi connectivity index (χ4v) is 9.66. The average Bonchev–Trinajstić information content (AvgIpc) is 3.70. The van der Waals surface area contributed by atoms with Crippen LogP contribution in [0.5, 0.6) is 11.5 Å². The van der Waals surface area contributed by atoms with Gasteiger partial charge in [-0.1, -0.05) is 122 Å². The number of fused-ring (bicyclic) bond motifs is 7. The summed E-state index contributed by atoms with van der Waals surface area (Å²) in [5, 5.41) is 2.24. The maximum absolute atomic E-state index is 6.75. The van der Waals surface area contributed by atoms with Crippen molar-refractivity contribution in [3.05, 3.63) is 174 Å². The Labute approximate surface area is 382 Å². The topological polar surface area (TPSA) is 27.1 Å². The van der Waals surface area contributed by atoms with E-state index in [0.717, 1.165) is 38.9 Å². The summed E-state index contributed by atoms with van der Waals surface area (Å²) in [6, 6.07) is 51.6. The molecular formula is C56H55N4OPt-. The minimum Gasteiger partial charge on any atom is -0.509 e. The molecule has 2 aliphatic heterocycles. The van der Waals surface area contributed by atoms with Crippen LogP contribution in [0.15, 0.2) is 128 Å². The number of rotatable bonds is 6. The molecule has 0 radical (unpaired) electrons. The molecule has 316 valence electrons. The van der Waals surface area contributed by atoms with E-state index >= 15 is 0 Å². The minimum atomic E-state index is 0.